The summed E-state index contributed by atoms with van der Waals surface area (Å²) < 4.78 is 16.8. The van der Waals surface area contributed by atoms with E-state index in [1.807, 2.05) is 18.2 Å². The van der Waals surface area contributed by atoms with Crippen molar-refractivity contribution >= 4 is 11.0 Å². The third-order valence-electron chi connectivity index (χ3n) is 4.55. The average molecular weight is 327 g/mol. The van der Waals surface area contributed by atoms with Crippen LogP contribution in [0.3, 0.4) is 0 Å². The highest BCUT2D eigenvalue weighted by molar-refractivity contribution is 5.77. The van der Waals surface area contributed by atoms with E-state index in [1.54, 1.807) is 18.4 Å². The molecule has 5 heteroatoms. The fourth-order valence-electron chi connectivity index (χ4n) is 3.28. The summed E-state index contributed by atoms with van der Waals surface area (Å²) in [6, 6.07) is 13.8. The zero-order valence-corrected chi connectivity index (χ0v) is 13.4. The van der Waals surface area contributed by atoms with E-state index in [4.69, 9.17) is 13.6 Å². The van der Waals surface area contributed by atoms with Crippen LogP contribution < -0.4 is 0 Å². The minimum atomic E-state index is -0.620. The molecule has 2 aromatic heterocycles. The fourth-order valence-corrected chi connectivity index (χ4v) is 3.28. The maximum absolute atomic E-state index is 10.4. The first-order valence-electron chi connectivity index (χ1n) is 8.30. The van der Waals surface area contributed by atoms with Crippen LogP contribution in [0.5, 0.6) is 0 Å². The predicted molar refractivity (Wildman–Crippen MR) is 89.5 cm³/mol. The summed E-state index contributed by atoms with van der Waals surface area (Å²) in [4.78, 5) is 2.31. The molecule has 5 nitrogen and oxygen atoms in total. The predicted octanol–water partition coefficient (Wildman–Crippen LogP) is 3.35. The standard InChI is InChI=1S/C19H21NO4/c21-17(19-6-3-8-23-19)11-15-13-22-9-7-20(15)12-16-10-14-4-1-2-5-18(14)24-16/h1-6,8,10,15,17,21H,7,9,11-13H2. The number of para-hydroxylation sites is 1. The van der Waals surface area contributed by atoms with Gasteiger partial charge >= 0.3 is 0 Å². The van der Waals surface area contributed by atoms with Gasteiger partial charge in [0.15, 0.2) is 0 Å². The maximum atomic E-state index is 10.4. The second-order valence-electron chi connectivity index (χ2n) is 6.22. The van der Waals surface area contributed by atoms with E-state index in [2.05, 4.69) is 17.0 Å². The number of benzene rings is 1. The third kappa shape index (κ3) is 3.24. The molecule has 4 rings (SSSR count). The van der Waals surface area contributed by atoms with Crippen LogP contribution in [0.15, 0.2) is 57.6 Å². The molecule has 1 aromatic carbocycles. The Morgan fingerprint density at radius 3 is 2.96 bits per heavy atom. The van der Waals surface area contributed by atoms with Crippen molar-refractivity contribution in [3.05, 3.63) is 60.2 Å². The first kappa shape index (κ1) is 15.4. The van der Waals surface area contributed by atoms with Crippen LogP contribution in [0.1, 0.15) is 24.0 Å². The number of furan rings is 2. The number of morpholine rings is 1. The largest absolute Gasteiger partial charge is 0.467 e. The Hall–Kier alpha value is -2.08. The van der Waals surface area contributed by atoms with E-state index in [0.717, 1.165) is 23.3 Å². The van der Waals surface area contributed by atoms with Gasteiger partial charge in [-0.15, -0.1) is 0 Å². The van der Waals surface area contributed by atoms with E-state index in [1.165, 1.54) is 0 Å². The van der Waals surface area contributed by atoms with Crippen molar-refractivity contribution in [2.45, 2.75) is 25.1 Å². The summed E-state index contributed by atoms with van der Waals surface area (Å²) >= 11 is 0. The molecule has 1 aliphatic heterocycles. The van der Waals surface area contributed by atoms with E-state index in [-0.39, 0.29) is 6.04 Å². The monoisotopic (exact) mass is 327 g/mol. The van der Waals surface area contributed by atoms with Crippen molar-refractivity contribution in [1.29, 1.82) is 0 Å². The quantitative estimate of drug-likeness (QED) is 0.779. The summed E-state index contributed by atoms with van der Waals surface area (Å²) in [6.07, 6.45) is 1.54. The summed E-state index contributed by atoms with van der Waals surface area (Å²) in [6.45, 7) is 2.85. The van der Waals surface area contributed by atoms with Gasteiger partial charge in [-0.1, -0.05) is 18.2 Å². The number of hydrogen-bond acceptors (Lipinski definition) is 5. The van der Waals surface area contributed by atoms with Crippen molar-refractivity contribution in [2.75, 3.05) is 19.8 Å². The Morgan fingerprint density at radius 1 is 1.21 bits per heavy atom. The van der Waals surface area contributed by atoms with Gasteiger partial charge in [0.1, 0.15) is 23.2 Å². The third-order valence-corrected chi connectivity index (χ3v) is 4.55. The number of ether oxygens (including phenoxy) is 1. The van der Waals surface area contributed by atoms with Gasteiger partial charge in [-0.2, -0.15) is 0 Å². The summed E-state index contributed by atoms with van der Waals surface area (Å²) in [5.74, 6) is 1.54. The van der Waals surface area contributed by atoms with Crippen molar-refractivity contribution in [1.82, 2.24) is 4.90 Å². The molecular weight excluding hydrogens is 306 g/mol. The zero-order chi connectivity index (χ0) is 16.4. The Balaban J connectivity index is 1.47. The Labute approximate surface area is 140 Å². The van der Waals surface area contributed by atoms with Gasteiger partial charge in [-0.25, -0.2) is 0 Å². The molecule has 24 heavy (non-hydrogen) atoms. The summed E-state index contributed by atoms with van der Waals surface area (Å²) in [5, 5.41) is 11.5. The van der Waals surface area contributed by atoms with E-state index < -0.39 is 6.10 Å². The van der Waals surface area contributed by atoms with Gasteiger partial charge in [-0.05, 0) is 30.7 Å². The van der Waals surface area contributed by atoms with Crippen molar-refractivity contribution in [3.63, 3.8) is 0 Å². The van der Waals surface area contributed by atoms with Crippen LogP contribution in [0, 0.1) is 0 Å². The van der Waals surface area contributed by atoms with Gasteiger partial charge in [0.2, 0.25) is 0 Å². The molecule has 0 saturated carbocycles. The van der Waals surface area contributed by atoms with Crippen LogP contribution >= 0.6 is 0 Å². The minimum Gasteiger partial charge on any atom is -0.467 e. The van der Waals surface area contributed by atoms with Gasteiger partial charge in [0.05, 0.1) is 26.0 Å². The molecular formula is C19H21NO4. The Bertz CT molecular complexity index is 747. The van der Waals surface area contributed by atoms with E-state index in [9.17, 15) is 5.11 Å². The van der Waals surface area contributed by atoms with Crippen LogP contribution in [-0.2, 0) is 11.3 Å². The molecule has 1 fully saturated rings. The number of fused-ring (bicyclic) bond motifs is 1. The molecule has 1 N–H and O–H groups in total. The molecule has 1 aliphatic rings. The Morgan fingerprint density at radius 2 is 2.12 bits per heavy atom. The number of aliphatic hydroxyl groups is 1. The highest BCUT2D eigenvalue weighted by Gasteiger charge is 2.27. The smallest absolute Gasteiger partial charge is 0.134 e. The van der Waals surface area contributed by atoms with Gasteiger partial charge in [0, 0.05) is 18.0 Å². The molecule has 3 heterocycles. The molecule has 0 aliphatic carbocycles. The SMILES string of the molecule is OC(CC1COCCN1Cc1cc2ccccc2o1)c1ccco1. The number of nitrogens with zero attached hydrogens (tertiary/aromatic N) is 1. The normalized spacial score (nSPS) is 20.5. The molecule has 0 bridgehead atoms. The highest BCUT2D eigenvalue weighted by atomic mass is 16.5. The highest BCUT2D eigenvalue weighted by Crippen LogP contribution is 2.26. The lowest BCUT2D eigenvalue weighted by molar-refractivity contribution is -0.0344. The first-order chi connectivity index (χ1) is 11.8. The van der Waals surface area contributed by atoms with E-state index in [0.29, 0.717) is 31.9 Å². The molecule has 0 spiro atoms. The van der Waals surface area contributed by atoms with Gasteiger partial charge < -0.3 is 18.7 Å². The summed E-state index contributed by atoms with van der Waals surface area (Å²) in [7, 11) is 0. The second kappa shape index (κ2) is 6.81. The topological polar surface area (TPSA) is 59.0 Å². The molecule has 1 saturated heterocycles. The lowest BCUT2D eigenvalue weighted by atomic mass is 10.1. The summed E-state index contributed by atoms with van der Waals surface area (Å²) in [5.41, 5.74) is 0.910. The van der Waals surface area contributed by atoms with Crippen molar-refractivity contribution in [2.24, 2.45) is 0 Å². The average Bonchev–Trinajstić information content (AvgIpc) is 3.25. The van der Waals surface area contributed by atoms with Crippen LogP contribution in [0.4, 0.5) is 0 Å². The number of hydrogen-bond donors (Lipinski definition) is 1. The van der Waals surface area contributed by atoms with E-state index >= 15 is 0 Å². The first-order valence-corrected chi connectivity index (χ1v) is 8.30. The second-order valence-corrected chi connectivity index (χ2v) is 6.22. The van der Waals surface area contributed by atoms with Crippen molar-refractivity contribution in [3.8, 4) is 0 Å². The maximum Gasteiger partial charge on any atom is 0.134 e. The lowest BCUT2D eigenvalue weighted by Crippen LogP contribution is -2.45. The van der Waals surface area contributed by atoms with Gasteiger partial charge in [-0.3, -0.25) is 4.90 Å². The van der Waals surface area contributed by atoms with Crippen LogP contribution in [0.2, 0.25) is 0 Å². The van der Waals surface area contributed by atoms with Crippen molar-refractivity contribution < 1.29 is 18.7 Å². The van der Waals surface area contributed by atoms with Crippen LogP contribution in [-0.4, -0.2) is 35.8 Å². The molecule has 0 radical (unpaired) electrons. The van der Waals surface area contributed by atoms with Gasteiger partial charge in [0.25, 0.3) is 0 Å². The lowest BCUT2D eigenvalue weighted by Gasteiger charge is -2.35. The number of aliphatic hydroxyl groups excluding tert-OH is 1. The Kier molecular flexibility index (Phi) is 4.38. The number of rotatable bonds is 5. The molecule has 0 amide bonds. The fraction of sp³-hybridized carbons (Fsp3) is 0.368. The van der Waals surface area contributed by atoms with Crippen LogP contribution in [0.25, 0.3) is 11.0 Å². The minimum absolute atomic E-state index is 0.132. The molecule has 126 valence electrons. The molecule has 2 atom stereocenters. The molecule has 2 unspecified atom stereocenters. The molecule has 3 aromatic rings. The zero-order valence-electron chi connectivity index (χ0n) is 13.4.